The van der Waals surface area contributed by atoms with Gasteiger partial charge in [-0.15, -0.1) is 0 Å². The molecule has 0 aliphatic carbocycles. The van der Waals surface area contributed by atoms with E-state index in [-0.39, 0.29) is 17.7 Å². The van der Waals surface area contributed by atoms with Gasteiger partial charge >= 0.3 is 5.97 Å². The van der Waals surface area contributed by atoms with Crippen LogP contribution < -0.4 is 0 Å². The smallest absolute Gasteiger partial charge is 0.340 e. The maximum atomic E-state index is 13.9. The van der Waals surface area contributed by atoms with Crippen LogP contribution in [0, 0.1) is 5.82 Å². The molecule has 1 rings (SSSR count). The minimum Gasteiger partial charge on any atom is -0.465 e. The minimum absolute atomic E-state index is 0.117. The number of esters is 1. The Morgan fingerprint density at radius 1 is 1.44 bits per heavy atom. The number of sulfonamides is 1. The fraction of sp³-hybridized carbons (Fsp3) is 0.364. The molecule has 0 unspecified atom stereocenters. The Bertz CT molecular complexity index is 556. The summed E-state index contributed by atoms with van der Waals surface area (Å²) in [5.74, 6) is -1.56. The Balaban J connectivity index is 3.09. The Labute approximate surface area is 105 Å². The Kier molecular flexibility index (Phi) is 4.42. The van der Waals surface area contributed by atoms with Gasteiger partial charge in [-0.25, -0.2) is 21.9 Å². The summed E-state index contributed by atoms with van der Waals surface area (Å²) in [4.78, 5) is 11.3. The number of ether oxygens (including phenoxy) is 1. The van der Waals surface area contributed by atoms with Crippen LogP contribution in [0.2, 0.25) is 0 Å². The summed E-state index contributed by atoms with van der Waals surface area (Å²) in [5.41, 5.74) is -0.0947. The van der Waals surface area contributed by atoms with Gasteiger partial charge in [-0.3, -0.25) is 0 Å². The van der Waals surface area contributed by atoms with Gasteiger partial charge in [0.05, 0.1) is 18.9 Å². The fourth-order valence-electron chi connectivity index (χ4n) is 1.33. The molecule has 0 aliphatic heterocycles. The van der Waals surface area contributed by atoms with Crippen LogP contribution in [-0.4, -0.2) is 39.1 Å². The summed E-state index contributed by atoms with van der Waals surface area (Å²) in [6, 6.07) is 4.18. The second-order valence-corrected chi connectivity index (χ2v) is 5.88. The third-order valence-electron chi connectivity index (χ3n) is 2.44. The third-order valence-corrected chi connectivity index (χ3v) is 3.70. The quantitative estimate of drug-likeness (QED) is 0.769. The zero-order chi connectivity index (χ0) is 13.9. The molecule has 0 saturated carbocycles. The van der Waals surface area contributed by atoms with Crippen LogP contribution in [0.25, 0.3) is 0 Å². The minimum atomic E-state index is -3.41. The van der Waals surface area contributed by atoms with Crippen molar-refractivity contribution in [3.8, 4) is 0 Å². The first-order valence-electron chi connectivity index (χ1n) is 5.04. The second kappa shape index (κ2) is 5.45. The summed E-state index contributed by atoms with van der Waals surface area (Å²) < 4.78 is 41.8. The first kappa shape index (κ1) is 14.6. The molecule has 0 bridgehead atoms. The molecule has 0 aromatic heterocycles. The number of rotatable bonds is 4. The molecule has 0 atom stereocenters. The molecule has 5 nitrogen and oxygen atoms in total. The molecule has 0 aliphatic rings. The summed E-state index contributed by atoms with van der Waals surface area (Å²) in [6.07, 6.45) is 1.02. The number of carbonyl (C=O) groups excluding carboxylic acids is 1. The normalized spacial score (nSPS) is 11.6. The highest BCUT2D eigenvalue weighted by Gasteiger charge is 2.18. The number of nitrogens with zero attached hydrogens (tertiary/aromatic N) is 1. The van der Waals surface area contributed by atoms with Crippen LogP contribution in [0.1, 0.15) is 15.9 Å². The molecule has 0 heterocycles. The third kappa shape index (κ3) is 3.27. The van der Waals surface area contributed by atoms with Gasteiger partial charge in [0.2, 0.25) is 10.0 Å². The molecular formula is C11H14FNO4S. The number of methoxy groups -OCH3 is 1. The van der Waals surface area contributed by atoms with E-state index in [9.17, 15) is 17.6 Å². The van der Waals surface area contributed by atoms with Crippen molar-refractivity contribution in [3.05, 3.63) is 35.1 Å². The molecule has 1 aromatic carbocycles. The zero-order valence-electron chi connectivity index (χ0n) is 10.3. The van der Waals surface area contributed by atoms with E-state index in [2.05, 4.69) is 4.74 Å². The van der Waals surface area contributed by atoms with Crippen LogP contribution in [0.15, 0.2) is 18.2 Å². The van der Waals surface area contributed by atoms with Gasteiger partial charge in [-0.05, 0) is 6.07 Å². The van der Waals surface area contributed by atoms with E-state index >= 15 is 0 Å². The van der Waals surface area contributed by atoms with Crippen LogP contribution in [-0.2, 0) is 21.3 Å². The molecule has 0 amide bonds. The van der Waals surface area contributed by atoms with E-state index in [1.807, 2.05) is 0 Å². The molecule has 0 spiro atoms. The lowest BCUT2D eigenvalue weighted by atomic mass is 10.1. The van der Waals surface area contributed by atoms with Gasteiger partial charge in [-0.1, -0.05) is 12.1 Å². The predicted molar refractivity (Wildman–Crippen MR) is 64.1 cm³/mol. The highest BCUT2D eigenvalue weighted by Crippen LogP contribution is 2.16. The zero-order valence-corrected chi connectivity index (χ0v) is 11.1. The largest absolute Gasteiger partial charge is 0.465 e. The Morgan fingerprint density at radius 2 is 2.06 bits per heavy atom. The van der Waals surface area contributed by atoms with Gasteiger partial charge in [0.1, 0.15) is 5.82 Å². The van der Waals surface area contributed by atoms with Crippen molar-refractivity contribution in [1.29, 1.82) is 0 Å². The standard InChI is InChI=1S/C11H14FNO4S/c1-13(18(3,15)16)7-8-5-4-6-9(10(8)12)11(14)17-2/h4-6H,7H2,1-3H3. The molecule has 7 heteroatoms. The summed E-state index contributed by atoms with van der Waals surface area (Å²) in [5, 5.41) is 0. The van der Waals surface area contributed by atoms with Gasteiger partial charge in [0, 0.05) is 19.2 Å². The van der Waals surface area contributed by atoms with E-state index < -0.39 is 21.8 Å². The Morgan fingerprint density at radius 3 is 2.56 bits per heavy atom. The lowest BCUT2D eigenvalue weighted by Crippen LogP contribution is -2.25. The van der Waals surface area contributed by atoms with Crippen LogP contribution in [0.4, 0.5) is 4.39 Å². The number of hydrogen-bond donors (Lipinski definition) is 0. The average Bonchev–Trinajstić information content (AvgIpc) is 2.29. The van der Waals surface area contributed by atoms with Crippen LogP contribution in [0.5, 0.6) is 0 Å². The number of carbonyl (C=O) groups is 1. The fourth-order valence-corrected chi connectivity index (χ4v) is 1.70. The van der Waals surface area contributed by atoms with Crippen molar-refractivity contribution in [2.75, 3.05) is 20.4 Å². The highest BCUT2D eigenvalue weighted by molar-refractivity contribution is 7.88. The maximum Gasteiger partial charge on any atom is 0.340 e. The van der Waals surface area contributed by atoms with E-state index in [0.717, 1.165) is 17.7 Å². The van der Waals surface area contributed by atoms with Crippen molar-refractivity contribution in [2.24, 2.45) is 0 Å². The molecular weight excluding hydrogens is 261 g/mol. The Hall–Kier alpha value is -1.47. The number of halogens is 1. The van der Waals surface area contributed by atoms with E-state index in [1.165, 1.54) is 25.2 Å². The second-order valence-electron chi connectivity index (χ2n) is 3.79. The first-order valence-corrected chi connectivity index (χ1v) is 6.89. The van der Waals surface area contributed by atoms with Gasteiger partial charge in [-0.2, -0.15) is 0 Å². The van der Waals surface area contributed by atoms with Crippen LogP contribution in [0.3, 0.4) is 0 Å². The topological polar surface area (TPSA) is 63.7 Å². The number of benzene rings is 1. The average molecular weight is 275 g/mol. The number of hydrogen-bond acceptors (Lipinski definition) is 4. The molecule has 0 N–H and O–H groups in total. The van der Waals surface area contributed by atoms with E-state index in [4.69, 9.17) is 0 Å². The molecule has 0 fully saturated rings. The molecule has 18 heavy (non-hydrogen) atoms. The van der Waals surface area contributed by atoms with E-state index in [0.29, 0.717) is 0 Å². The van der Waals surface area contributed by atoms with Crippen molar-refractivity contribution >= 4 is 16.0 Å². The lowest BCUT2D eigenvalue weighted by Gasteiger charge is -2.15. The molecule has 0 saturated heterocycles. The van der Waals surface area contributed by atoms with E-state index in [1.54, 1.807) is 0 Å². The monoisotopic (exact) mass is 275 g/mol. The van der Waals surface area contributed by atoms with Gasteiger partial charge in [0.15, 0.2) is 0 Å². The maximum absolute atomic E-state index is 13.9. The van der Waals surface area contributed by atoms with Crippen molar-refractivity contribution in [2.45, 2.75) is 6.54 Å². The summed E-state index contributed by atoms with van der Waals surface area (Å²) in [6.45, 7) is -0.143. The molecule has 1 aromatic rings. The molecule has 100 valence electrons. The lowest BCUT2D eigenvalue weighted by molar-refractivity contribution is 0.0595. The van der Waals surface area contributed by atoms with Crippen molar-refractivity contribution in [3.63, 3.8) is 0 Å². The summed E-state index contributed by atoms with van der Waals surface area (Å²) in [7, 11) is -0.923. The van der Waals surface area contributed by atoms with Crippen LogP contribution >= 0.6 is 0 Å². The summed E-state index contributed by atoms with van der Waals surface area (Å²) >= 11 is 0. The first-order chi connectivity index (χ1) is 8.27. The van der Waals surface area contributed by atoms with Gasteiger partial charge in [0.25, 0.3) is 0 Å². The highest BCUT2D eigenvalue weighted by atomic mass is 32.2. The molecule has 0 radical (unpaired) electrons. The predicted octanol–water partition coefficient (Wildman–Crippen LogP) is 1.00. The van der Waals surface area contributed by atoms with Gasteiger partial charge < -0.3 is 4.74 Å². The SMILES string of the molecule is COC(=O)c1cccc(CN(C)S(C)(=O)=O)c1F. The van der Waals surface area contributed by atoms with Crippen molar-refractivity contribution in [1.82, 2.24) is 4.31 Å². The van der Waals surface area contributed by atoms with Crippen molar-refractivity contribution < 1.29 is 22.3 Å².